The quantitative estimate of drug-likeness (QED) is 0.871. The number of carbonyl (C=O) groups is 1. The average Bonchev–Trinajstić information content (AvgIpc) is 2.73. The van der Waals surface area contributed by atoms with Crippen LogP contribution in [0.4, 0.5) is 0 Å². The Morgan fingerprint density at radius 2 is 2.29 bits per heavy atom. The molecule has 0 radical (unpaired) electrons. The highest BCUT2D eigenvalue weighted by atomic mass is 16.4. The Bertz CT molecular complexity index is 609. The third-order valence-corrected chi connectivity index (χ3v) is 2.44. The van der Waals surface area contributed by atoms with Gasteiger partial charge in [0.15, 0.2) is 0 Å². The van der Waals surface area contributed by atoms with E-state index in [1.54, 1.807) is 25.3 Å². The van der Waals surface area contributed by atoms with Crippen LogP contribution in [0.3, 0.4) is 0 Å². The fourth-order valence-electron chi connectivity index (χ4n) is 1.52. The van der Waals surface area contributed by atoms with Gasteiger partial charge in [-0.3, -0.25) is 4.79 Å². The van der Waals surface area contributed by atoms with Crippen LogP contribution in [-0.4, -0.2) is 15.6 Å². The van der Waals surface area contributed by atoms with Gasteiger partial charge in [-0.1, -0.05) is 6.07 Å². The molecule has 5 nitrogen and oxygen atoms in total. The molecule has 0 unspecified atom stereocenters. The molecule has 5 heteroatoms. The van der Waals surface area contributed by atoms with E-state index >= 15 is 0 Å². The standard InChI is InChI=1S/C12H11NO4/c1-8-3-2-4-13(11(8)14)6-10-5-9(7-17-10)12(15)16/h2-5,7H,6H2,1H3,(H,15,16). The van der Waals surface area contributed by atoms with Crippen molar-refractivity contribution >= 4 is 5.97 Å². The third-order valence-electron chi connectivity index (χ3n) is 2.44. The van der Waals surface area contributed by atoms with Crippen molar-refractivity contribution in [3.8, 4) is 0 Å². The van der Waals surface area contributed by atoms with Gasteiger partial charge in [-0.2, -0.15) is 0 Å². The minimum atomic E-state index is -1.04. The fraction of sp³-hybridized carbons (Fsp3) is 0.167. The molecule has 88 valence electrons. The Balaban J connectivity index is 2.28. The maximum atomic E-state index is 11.7. The van der Waals surface area contributed by atoms with Crippen molar-refractivity contribution in [1.82, 2.24) is 4.57 Å². The number of hydrogen-bond acceptors (Lipinski definition) is 3. The lowest BCUT2D eigenvalue weighted by Gasteiger charge is -2.03. The molecule has 0 atom stereocenters. The minimum Gasteiger partial charge on any atom is -0.478 e. The smallest absolute Gasteiger partial charge is 0.338 e. The van der Waals surface area contributed by atoms with E-state index < -0.39 is 5.97 Å². The highest BCUT2D eigenvalue weighted by Gasteiger charge is 2.09. The summed E-state index contributed by atoms with van der Waals surface area (Å²) in [4.78, 5) is 22.4. The summed E-state index contributed by atoms with van der Waals surface area (Å²) in [5.74, 6) is -0.605. The van der Waals surface area contributed by atoms with E-state index in [1.165, 1.54) is 16.9 Å². The first-order chi connectivity index (χ1) is 8.08. The van der Waals surface area contributed by atoms with Gasteiger partial charge in [-0.25, -0.2) is 4.79 Å². The number of nitrogens with zero attached hydrogens (tertiary/aromatic N) is 1. The number of carboxylic acid groups (broad SMARTS) is 1. The van der Waals surface area contributed by atoms with Crippen molar-refractivity contribution in [3.05, 3.63) is 57.9 Å². The predicted octanol–water partition coefficient (Wildman–Crippen LogP) is 1.50. The van der Waals surface area contributed by atoms with Gasteiger partial charge >= 0.3 is 5.97 Å². The van der Waals surface area contributed by atoms with Gasteiger partial charge in [0.05, 0.1) is 12.1 Å². The van der Waals surface area contributed by atoms with Crippen LogP contribution >= 0.6 is 0 Å². The fourth-order valence-corrected chi connectivity index (χ4v) is 1.52. The number of hydrogen-bond donors (Lipinski definition) is 1. The first-order valence-electron chi connectivity index (χ1n) is 5.04. The number of pyridine rings is 1. The number of aromatic nitrogens is 1. The normalized spacial score (nSPS) is 10.4. The van der Waals surface area contributed by atoms with Crippen LogP contribution in [0.15, 0.2) is 39.9 Å². The third kappa shape index (κ3) is 2.28. The van der Waals surface area contributed by atoms with Crippen LogP contribution in [0.25, 0.3) is 0 Å². The summed E-state index contributed by atoms with van der Waals surface area (Å²) in [7, 11) is 0. The van der Waals surface area contributed by atoms with E-state index in [0.29, 0.717) is 11.3 Å². The lowest BCUT2D eigenvalue weighted by Crippen LogP contribution is -2.21. The Morgan fingerprint density at radius 1 is 1.53 bits per heavy atom. The summed E-state index contributed by atoms with van der Waals surface area (Å²) in [5, 5.41) is 8.73. The first-order valence-corrected chi connectivity index (χ1v) is 5.04. The molecule has 0 aliphatic rings. The Hall–Kier alpha value is -2.30. The lowest BCUT2D eigenvalue weighted by atomic mass is 10.3. The zero-order chi connectivity index (χ0) is 12.4. The van der Waals surface area contributed by atoms with Crippen molar-refractivity contribution in [3.63, 3.8) is 0 Å². The van der Waals surface area contributed by atoms with Crippen LogP contribution in [0.5, 0.6) is 0 Å². The second kappa shape index (κ2) is 4.29. The summed E-state index contributed by atoms with van der Waals surface area (Å²) < 4.78 is 6.56. The Kier molecular flexibility index (Phi) is 2.82. The van der Waals surface area contributed by atoms with E-state index in [2.05, 4.69) is 0 Å². The Labute approximate surface area is 96.9 Å². The van der Waals surface area contributed by atoms with E-state index in [1.807, 2.05) is 0 Å². The van der Waals surface area contributed by atoms with E-state index in [-0.39, 0.29) is 17.7 Å². The molecule has 2 aromatic heterocycles. The topological polar surface area (TPSA) is 72.4 Å². The Morgan fingerprint density at radius 3 is 2.94 bits per heavy atom. The summed E-state index contributed by atoms with van der Waals surface area (Å²) in [6.45, 7) is 1.96. The van der Waals surface area contributed by atoms with Crippen LogP contribution in [0, 0.1) is 6.92 Å². The first kappa shape index (κ1) is 11.2. The molecule has 1 N–H and O–H groups in total. The zero-order valence-electron chi connectivity index (χ0n) is 9.21. The van der Waals surface area contributed by atoms with Crippen molar-refractivity contribution < 1.29 is 14.3 Å². The summed E-state index contributed by atoms with van der Waals surface area (Å²) in [6, 6.07) is 4.90. The zero-order valence-corrected chi connectivity index (χ0v) is 9.21. The van der Waals surface area contributed by atoms with Crippen LogP contribution in [-0.2, 0) is 6.54 Å². The van der Waals surface area contributed by atoms with Gasteiger partial charge in [0.2, 0.25) is 0 Å². The minimum absolute atomic E-state index is 0.0840. The van der Waals surface area contributed by atoms with Gasteiger partial charge in [-0.15, -0.1) is 0 Å². The molecule has 0 amide bonds. The number of aromatic carboxylic acids is 1. The van der Waals surface area contributed by atoms with Crippen LogP contribution in [0.1, 0.15) is 21.7 Å². The molecule has 0 aliphatic carbocycles. The van der Waals surface area contributed by atoms with Crippen molar-refractivity contribution in [2.24, 2.45) is 0 Å². The summed E-state index contributed by atoms with van der Waals surface area (Å²) in [6.07, 6.45) is 2.80. The van der Waals surface area contributed by atoms with Gasteiger partial charge in [0.1, 0.15) is 12.0 Å². The second-order valence-corrected chi connectivity index (χ2v) is 3.73. The van der Waals surface area contributed by atoms with Crippen LogP contribution in [0.2, 0.25) is 0 Å². The lowest BCUT2D eigenvalue weighted by molar-refractivity contribution is 0.0696. The highest BCUT2D eigenvalue weighted by molar-refractivity contribution is 5.87. The molecule has 2 rings (SSSR count). The second-order valence-electron chi connectivity index (χ2n) is 3.73. The average molecular weight is 233 g/mol. The molecule has 0 aliphatic heterocycles. The molecule has 0 saturated heterocycles. The molecular formula is C12H11NO4. The SMILES string of the molecule is Cc1cccn(Cc2cc(C(=O)O)co2)c1=O. The van der Waals surface area contributed by atoms with Crippen LogP contribution < -0.4 is 5.56 Å². The molecule has 2 aromatic rings. The molecule has 0 spiro atoms. The number of rotatable bonds is 3. The summed E-state index contributed by atoms with van der Waals surface area (Å²) in [5.41, 5.74) is 0.610. The van der Waals surface area contributed by atoms with Crippen molar-refractivity contribution in [2.75, 3.05) is 0 Å². The summed E-state index contributed by atoms with van der Waals surface area (Å²) >= 11 is 0. The predicted molar refractivity (Wildman–Crippen MR) is 60.2 cm³/mol. The number of furan rings is 1. The molecule has 2 heterocycles. The maximum absolute atomic E-state index is 11.7. The van der Waals surface area contributed by atoms with E-state index in [9.17, 15) is 9.59 Å². The molecule has 0 saturated carbocycles. The van der Waals surface area contributed by atoms with E-state index in [0.717, 1.165) is 0 Å². The van der Waals surface area contributed by atoms with Gasteiger partial charge in [0, 0.05) is 11.8 Å². The number of carboxylic acids is 1. The molecule has 0 fully saturated rings. The van der Waals surface area contributed by atoms with Gasteiger partial charge in [-0.05, 0) is 19.1 Å². The van der Waals surface area contributed by atoms with Crippen molar-refractivity contribution in [2.45, 2.75) is 13.5 Å². The monoisotopic (exact) mass is 233 g/mol. The number of aryl methyl sites for hydroxylation is 1. The maximum Gasteiger partial charge on any atom is 0.338 e. The van der Waals surface area contributed by atoms with Gasteiger partial charge < -0.3 is 14.1 Å². The largest absolute Gasteiger partial charge is 0.478 e. The molecule has 0 bridgehead atoms. The van der Waals surface area contributed by atoms with Gasteiger partial charge in [0.25, 0.3) is 5.56 Å². The van der Waals surface area contributed by atoms with E-state index in [4.69, 9.17) is 9.52 Å². The molecule has 17 heavy (non-hydrogen) atoms. The highest BCUT2D eigenvalue weighted by Crippen LogP contribution is 2.08. The molecule has 0 aromatic carbocycles. The van der Waals surface area contributed by atoms with Crippen molar-refractivity contribution in [1.29, 1.82) is 0 Å². The molecular weight excluding hydrogens is 222 g/mol.